The number of carbonyl (C=O) groups is 1. The Morgan fingerprint density at radius 3 is 2.38 bits per heavy atom. The maximum absolute atomic E-state index is 13.0. The van der Waals surface area contributed by atoms with Crippen molar-refractivity contribution in [3.63, 3.8) is 0 Å². The summed E-state index contributed by atoms with van der Waals surface area (Å²) >= 11 is 12.1. The molecule has 1 amide bonds. The molecule has 1 aliphatic rings. The molecule has 1 heterocycles. The maximum atomic E-state index is 13.0. The van der Waals surface area contributed by atoms with Crippen molar-refractivity contribution < 1.29 is 9.18 Å². The molecule has 1 saturated heterocycles. The Balaban J connectivity index is 2.00. The molecular weight excluding hydrogens is 314 g/mol. The van der Waals surface area contributed by atoms with Crippen LogP contribution in [0.15, 0.2) is 42.5 Å². The second-order valence-electron chi connectivity index (χ2n) is 4.82. The van der Waals surface area contributed by atoms with E-state index in [0.29, 0.717) is 15.7 Å². The molecule has 6 heteroatoms. The summed E-state index contributed by atoms with van der Waals surface area (Å²) in [5, 5.41) is 0.957. The molecule has 2 atom stereocenters. The smallest absolute Gasteiger partial charge is 0.247 e. The molecule has 2 aromatic carbocycles. The van der Waals surface area contributed by atoms with E-state index in [1.54, 1.807) is 18.2 Å². The van der Waals surface area contributed by atoms with Gasteiger partial charge in [-0.05, 0) is 42.0 Å². The maximum Gasteiger partial charge on any atom is 0.247 e. The third-order valence-electron chi connectivity index (χ3n) is 3.53. The number of anilines is 1. The third-order valence-corrected chi connectivity index (χ3v) is 4.09. The minimum atomic E-state index is -0.672. The fourth-order valence-electron chi connectivity index (χ4n) is 2.47. The lowest BCUT2D eigenvalue weighted by atomic mass is 9.88. The van der Waals surface area contributed by atoms with Gasteiger partial charge in [-0.3, -0.25) is 4.79 Å². The molecule has 1 fully saturated rings. The molecule has 0 spiro atoms. The second kappa shape index (κ2) is 5.30. The zero-order valence-corrected chi connectivity index (χ0v) is 12.3. The highest BCUT2D eigenvalue weighted by molar-refractivity contribution is 6.35. The molecule has 3 nitrogen and oxygen atoms in total. The average molecular weight is 325 g/mol. The average Bonchev–Trinajstić information content (AvgIpc) is 2.46. The van der Waals surface area contributed by atoms with E-state index in [9.17, 15) is 9.18 Å². The van der Waals surface area contributed by atoms with Crippen molar-refractivity contribution in [1.29, 1.82) is 0 Å². The Labute approximate surface area is 131 Å². The van der Waals surface area contributed by atoms with Crippen molar-refractivity contribution in [2.45, 2.75) is 12.1 Å². The van der Waals surface area contributed by atoms with Gasteiger partial charge in [-0.15, -0.1) is 0 Å². The monoisotopic (exact) mass is 324 g/mol. The number of benzene rings is 2. The molecule has 3 rings (SSSR count). The Kier molecular flexibility index (Phi) is 3.61. The third kappa shape index (κ3) is 2.39. The van der Waals surface area contributed by atoms with Crippen molar-refractivity contribution in [3.05, 3.63) is 63.9 Å². The van der Waals surface area contributed by atoms with E-state index in [1.807, 2.05) is 0 Å². The Bertz CT molecular complexity index is 705. The summed E-state index contributed by atoms with van der Waals surface area (Å²) < 4.78 is 13.0. The Morgan fingerprint density at radius 2 is 1.76 bits per heavy atom. The summed E-state index contributed by atoms with van der Waals surface area (Å²) in [7, 11) is 0. The molecule has 1 aliphatic heterocycles. The molecule has 0 aliphatic carbocycles. The molecule has 21 heavy (non-hydrogen) atoms. The summed E-state index contributed by atoms with van der Waals surface area (Å²) in [5.41, 5.74) is 7.21. The molecule has 2 N–H and O–H groups in total. The van der Waals surface area contributed by atoms with Gasteiger partial charge < -0.3 is 10.6 Å². The van der Waals surface area contributed by atoms with Crippen molar-refractivity contribution >= 4 is 34.8 Å². The van der Waals surface area contributed by atoms with Crippen LogP contribution in [0.1, 0.15) is 11.6 Å². The van der Waals surface area contributed by atoms with Crippen molar-refractivity contribution in [2.24, 2.45) is 5.73 Å². The van der Waals surface area contributed by atoms with E-state index in [2.05, 4.69) is 0 Å². The van der Waals surface area contributed by atoms with E-state index in [4.69, 9.17) is 28.9 Å². The van der Waals surface area contributed by atoms with E-state index in [1.165, 1.54) is 29.2 Å². The van der Waals surface area contributed by atoms with Crippen molar-refractivity contribution in [2.75, 3.05) is 4.90 Å². The number of β-lactam (4-membered cyclic amide) rings is 1. The van der Waals surface area contributed by atoms with Crippen LogP contribution in [0.4, 0.5) is 10.1 Å². The van der Waals surface area contributed by atoms with Crippen molar-refractivity contribution in [3.8, 4) is 0 Å². The first kappa shape index (κ1) is 14.3. The zero-order chi connectivity index (χ0) is 15.1. The van der Waals surface area contributed by atoms with Crippen LogP contribution in [-0.4, -0.2) is 11.9 Å². The predicted octanol–water partition coefficient (Wildman–Crippen LogP) is 3.55. The number of hydrogen-bond donors (Lipinski definition) is 1. The molecule has 2 aromatic rings. The number of halogens is 3. The number of rotatable bonds is 2. The van der Waals surface area contributed by atoms with Gasteiger partial charge in [-0.1, -0.05) is 29.3 Å². The quantitative estimate of drug-likeness (QED) is 0.859. The first-order chi connectivity index (χ1) is 9.99. The van der Waals surface area contributed by atoms with Crippen molar-refractivity contribution in [1.82, 2.24) is 0 Å². The lowest BCUT2D eigenvalue weighted by Gasteiger charge is -2.45. The van der Waals surface area contributed by atoms with Gasteiger partial charge in [0.05, 0.1) is 6.04 Å². The molecule has 0 saturated carbocycles. The normalized spacial score (nSPS) is 21.3. The second-order valence-corrected chi connectivity index (χ2v) is 5.66. The highest BCUT2D eigenvalue weighted by Crippen LogP contribution is 2.41. The minimum Gasteiger partial charge on any atom is -0.318 e. The molecule has 108 valence electrons. The van der Waals surface area contributed by atoms with Crippen LogP contribution in [0.25, 0.3) is 0 Å². The van der Waals surface area contributed by atoms with Crippen LogP contribution in [0.2, 0.25) is 10.0 Å². The molecule has 0 aromatic heterocycles. The SMILES string of the molecule is N[C@H]1C(=O)N(c2ccc(F)cc2)[C@@H]1c1ccc(Cl)cc1Cl. The molecule has 0 radical (unpaired) electrons. The van der Waals surface area contributed by atoms with Crippen LogP contribution >= 0.6 is 23.2 Å². The minimum absolute atomic E-state index is 0.224. The number of nitrogens with zero attached hydrogens (tertiary/aromatic N) is 1. The molecule has 0 bridgehead atoms. The summed E-state index contributed by atoms with van der Waals surface area (Å²) in [5.74, 6) is -0.588. The zero-order valence-electron chi connectivity index (χ0n) is 10.8. The summed E-state index contributed by atoms with van der Waals surface area (Å²) in [6, 6.07) is 9.67. The Morgan fingerprint density at radius 1 is 1.10 bits per heavy atom. The van der Waals surface area contributed by atoms with Crippen LogP contribution in [-0.2, 0) is 4.79 Å². The standard InChI is InChI=1S/C15H11Cl2FN2O/c16-8-1-6-11(12(17)7-8)14-13(19)15(21)20(14)10-4-2-9(18)3-5-10/h1-7,13-14H,19H2/t13-,14-/m1/s1. The van der Waals surface area contributed by atoms with Crippen LogP contribution in [0.3, 0.4) is 0 Å². The number of nitrogens with two attached hydrogens (primary N) is 1. The fourth-order valence-corrected chi connectivity index (χ4v) is 2.99. The van der Waals surface area contributed by atoms with Gasteiger partial charge >= 0.3 is 0 Å². The van der Waals surface area contributed by atoms with Gasteiger partial charge in [-0.25, -0.2) is 4.39 Å². The van der Waals surface area contributed by atoms with Gasteiger partial charge in [-0.2, -0.15) is 0 Å². The highest BCUT2D eigenvalue weighted by atomic mass is 35.5. The van der Waals surface area contributed by atoms with E-state index >= 15 is 0 Å². The fraction of sp³-hybridized carbons (Fsp3) is 0.133. The predicted molar refractivity (Wildman–Crippen MR) is 81.1 cm³/mol. The van der Waals surface area contributed by atoms with Crippen LogP contribution in [0.5, 0.6) is 0 Å². The first-order valence-electron chi connectivity index (χ1n) is 6.28. The molecule has 0 unspecified atom stereocenters. The molecular formula is C15H11Cl2FN2O. The number of amides is 1. The topological polar surface area (TPSA) is 46.3 Å². The van der Waals surface area contributed by atoms with Gasteiger partial charge in [0.2, 0.25) is 5.91 Å². The van der Waals surface area contributed by atoms with E-state index < -0.39 is 6.04 Å². The highest BCUT2D eigenvalue weighted by Gasteiger charge is 2.47. The first-order valence-corrected chi connectivity index (χ1v) is 7.04. The van der Waals surface area contributed by atoms with Gasteiger partial charge in [0.25, 0.3) is 0 Å². The van der Waals surface area contributed by atoms with Gasteiger partial charge in [0.15, 0.2) is 0 Å². The van der Waals surface area contributed by atoms with E-state index in [-0.39, 0.29) is 17.8 Å². The number of carbonyl (C=O) groups excluding carboxylic acids is 1. The lowest BCUT2D eigenvalue weighted by Crippen LogP contribution is -2.63. The Hall–Kier alpha value is -1.62. The van der Waals surface area contributed by atoms with Crippen LogP contribution < -0.4 is 10.6 Å². The summed E-state index contributed by atoms with van der Waals surface area (Å²) in [6.45, 7) is 0. The summed E-state index contributed by atoms with van der Waals surface area (Å²) in [4.78, 5) is 13.6. The van der Waals surface area contributed by atoms with E-state index in [0.717, 1.165) is 5.56 Å². The van der Waals surface area contributed by atoms with Gasteiger partial charge in [0.1, 0.15) is 11.9 Å². The number of hydrogen-bond acceptors (Lipinski definition) is 2. The summed E-state index contributed by atoms with van der Waals surface area (Å²) in [6.07, 6.45) is 0. The largest absolute Gasteiger partial charge is 0.318 e. The van der Waals surface area contributed by atoms with Gasteiger partial charge in [0, 0.05) is 15.7 Å². The lowest BCUT2D eigenvalue weighted by molar-refractivity contribution is -0.126. The van der Waals surface area contributed by atoms with Crippen LogP contribution in [0, 0.1) is 5.82 Å².